The fraction of sp³-hybridized carbons (Fsp3) is 0.500. The summed E-state index contributed by atoms with van der Waals surface area (Å²) in [6, 6.07) is 8.04. The highest BCUT2D eigenvalue weighted by molar-refractivity contribution is 7.89. The molecule has 1 unspecified atom stereocenters. The standard InChI is InChI=1S/C22H29N3O6S/c1-29-20-7-6-17(32(27,28)25-10-13-30-14-11-25)15-18(20)22(26)23-16-19(21-5-4-12-31-21)24-8-2-3-9-24/h4-7,12,15,19H,2-3,8-11,13-14,16H2,1H3,(H,23,26). The maximum Gasteiger partial charge on any atom is 0.255 e. The van der Waals surface area contributed by atoms with Crippen molar-refractivity contribution in [3.8, 4) is 5.75 Å². The quantitative estimate of drug-likeness (QED) is 0.638. The van der Waals surface area contributed by atoms with Crippen LogP contribution in [0.3, 0.4) is 0 Å². The van der Waals surface area contributed by atoms with Gasteiger partial charge in [0.05, 0.1) is 43.1 Å². The number of nitrogens with zero attached hydrogens (tertiary/aromatic N) is 2. The number of carbonyl (C=O) groups is 1. The number of rotatable bonds is 8. The molecule has 10 heteroatoms. The Kier molecular flexibility index (Phi) is 7.14. The fourth-order valence-corrected chi connectivity index (χ4v) is 5.62. The predicted molar refractivity (Wildman–Crippen MR) is 117 cm³/mol. The zero-order valence-corrected chi connectivity index (χ0v) is 19.0. The number of morpholine rings is 1. The highest BCUT2D eigenvalue weighted by atomic mass is 32.2. The summed E-state index contributed by atoms with van der Waals surface area (Å²) in [6.07, 6.45) is 3.85. The molecular weight excluding hydrogens is 434 g/mol. The number of benzene rings is 1. The Morgan fingerprint density at radius 3 is 2.56 bits per heavy atom. The van der Waals surface area contributed by atoms with Crippen LogP contribution in [0.25, 0.3) is 0 Å². The van der Waals surface area contributed by atoms with Gasteiger partial charge >= 0.3 is 0 Å². The van der Waals surface area contributed by atoms with E-state index in [4.69, 9.17) is 13.9 Å². The van der Waals surface area contributed by atoms with Crippen molar-refractivity contribution in [3.05, 3.63) is 47.9 Å². The number of likely N-dealkylation sites (tertiary alicyclic amines) is 1. The first-order valence-corrected chi connectivity index (χ1v) is 12.3. The second-order valence-corrected chi connectivity index (χ2v) is 9.80. The molecule has 174 valence electrons. The summed E-state index contributed by atoms with van der Waals surface area (Å²) in [5.74, 6) is 0.721. The molecule has 3 heterocycles. The van der Waals surface area contributed by atoms with E-state index in [1.54, 1.807) is 6.26 Å². The van der Waals surface area contributed by atoms with E-state index in [9.17, 15) is 13.2 Å². The molecule has 2 saturated heterocycles. The van der Waals surface area contributed by atoms with Crippen molar-refractivity contribution >= 4 is 15.9 Å². The van der Waals surface area contributed by atoms with Gasteiger partial charge in [-0.25, -0.2) is 8.42 Å². The number of carbonyl (C=O) groups excluding carboxylic acids is 1. The largest absolute Gasteiger partial charge is 0.496 e. The molecular formula is C22H29N3O6S. The third-order valence-electron chi connectivity index (χ3n) is 5.93. The molecule has 0 bridgehead atoms. The van der Waals surface area contributed by atoms with Crippen LogP contribution < -0.4 is 10.1 Å². The van der Waals surface area contributed by atoms with Crippen LogP contribution in [-0.2, 0) is 14.8 Å². The molecule has 1 aromatic heterocycles. The van der Waals surface area contributed by atoms with Crippen LogP contribution in [0.5, 0.6) is 5.75 Å². The van der Waals surface area contributed by atoms with Gasteiger partial charge < -0.3 is 19.2 Å². The smallest absolute Gasteiger partial charge is 0.255 e. The van der Waals surface area contributed by atoms with Gasteiger partial charge in [-0.15, -0.1) is 0 Å². The SMILES string of the molecule is COc1ccc(S(=O)(=O)N2CCOCC2)cc1C(=O)NCC(c1ccco1)N1CCCC1. The van der Waals surface area contributed by atoms with Gasteiger partial charge in [0, 0.05) is 19.6 Å². The van der Waals surface area contributed by atoms with Crippen LogP contribution in [0.2, 0.25) is 0 Å². The lowest BCUT2D eigenvalue weighted by atomic mass is 10.1. The number of hydrogen-bond donors (Lipinski definition) is 1. The summed E-state index contributed by atoms with van der Waals surface area (Å²) in [7, 11) is -2.27. The molecule has 0 radical (unpaired) electrons. The monoisotopic (exact) mass is 463 g/mol. The number of amides is 1. The number of ether oxygens (including phenoxy) is 2. The number of furan rings is 1. The Balaban J connectivity index is 1.54. The Morgan fingerprint density at radius 1 is 1.16 bits per heavy atom. The van der Waals surface area contributed by atoms with E-state index in [1.807, 2.05) is 12.1 Å². The van der Waals surface area contributed by atoms with Crippen molar-refractivity contribution in [1.82, 2.24) is 14.5 Å². The minimum atomic E-state index is -3.73. The minimum Gasteiger partial charge on any atom is -0.496 e. The van der Waals surface area contributed by atoms with Crippen molar-refractivity contribution in [2.75, 3.05) is 53.0 Å². The molecule has 2 fully saturated rings. The highest BCUT2D eigenvalue weighted by Crippen LogP contribution is 2.27. The number of methoxy groups -OCH3 is 1. The van der Waals surface area contributed by atoms with Crippen molar-refractivity contribution in [2.45, 2.75) is 23.8 Å². The van der Waals surface area contributed by atoms with Crippen molar-refractivity contribution < 1.29 is 27.1 Å². The van der Waals surface area contributed by atoms with Crippen molar-refractivity contribution in [1.29, 1.82) is 0 Å². The normalized spacial score (nSPS) is 19.0. The first-order chi connectivity index (χ1) is 15.5. The average molecular weight is 464 g/mol. The lowest BCUT2D eigenvalue weighted by Crippen LogP contribution is -2.40. The van der Waals surface area contributed by atoms with Gasteiger partial charge in [0.1, 0.15) is 11.5 Å². The predicted octanol–water partition coefficient (Wildman–Crippen LogP) is 1.88. The van der Waals surface area contributed by atoms with E-state index in [2.05, 4.69) is 10.2 Å². The van der Waals surface area contributed by atoms with Gasteiger partial charge in [-0.1, -0.05) is 0 Å². The van der Waals surface area contributed by atoms with Crippen LogP contribution in [0.4, 0.5) is 0 Å². The van der Waals surface area contributed by atoms with Gasteiger partial charge in [-0.2, -0.15) is 4.31 Å². The Labute approximate surface area is 188 Å². The van der Waals surface area contributed by atoms with E-state index < -0.39 is 15.9 Å². The van der Waals surface area contributed by atoms with Crippen LogP contribution in [0.15, 0.2) is 45.9 Å². The molecule has 1 N–H and O–H groups in total. The van der Waals surface area contributed by atoms with E-state index in [1.165, 1.54) is 29.6 Å². The van der Waals surface area contributed by atoms with E-state index in [0.717, 1.165) is 31.7 Å². The Hall–Kier alpha value is -2.40. The molecule has 4 rings (SSSR count). The third kappa shape index (κ3) is 4.83. The maximum absolute atomic E-state index is 13.1. The fourth-order valence-electron chi connectivity index (χ4n) is 4.19. The van der Waals surface area contributed by atoms with Crippen molar-refractivity contribution in [2.24, 2.45) is 0 Å². The number of nitrogens with one attached hydrogen (secondary N) is 1. The molecule has 9 nitrogen and oxygen atoms in total. The Bertz CT molecular complexity index is 1010. The maximum atomic E-state index is 13.1. The molecule has 2 aliphatic rings. The van der Waals surface area contributed by atoms with Crippen LogP contribution >= 0.6 is 0 Å². The molecule has 2 aromatic rings. The molecule has 0 saturated carbocycles. The lowest BCUT2D eigenvalue weighted by molar-refractivity contribution is 0.0730. The molecule has 0 aliphatic carbocycles. The highest BCUT2D eigenvalue weighted by Gasteiger charge is 2.29. The summed E-state index contributed by atoms with van der Waals surface area (Å²) in [5, 5.41) is 2.95. The van der Waals surface area contributed by atoms with Gasteiger partial charge in [0.25, 0.3) is 5.91 Å². The summed E-state index contributed by atoms with van der Waals surface area (Å²) < 4.78 is 43.7. The van der Waals surface area contributed by atoms with Crippen LogP contribution in [-0.4, -0.2) is 76.6 Å². The summed E-state index contributed by atoms with van der Waals surface area (Å²) in [4.78, 5) is 15.4. The molecule has 32 heavy (non-hydrogen) atoms. The van der Waals surface area contributed by atoms with Crippen molar-refractivity contribution in [3.63, 3.8) is 0 Å². The van der Waals surface area contributed by atoms with E-state index >= 15 is 0 Å². The number of sulfonamides is 1. The molecule has 1 atom stereocenters. The van der Waals surface area contributed by atoms with Gasteiger partial charge in [0.2, 0.25) is 10.0 Å². The van der Waals surface area contributed by atoms with E-state index in [0.29, 0.717) is 25.5 Å². The topological polar surface area (TPSA) is 101 Å². The molecule has 2 aliphatic heterocycles. The van der Waals surface area contributed by atoms with Crippen LogP contribution in [0.1, 0.15) is 35.0 Å². The Morgan fingerprint density at radius 2 is 1.91 bits per heavy atom. The molecule has 0 spiro atoms. The second-order valence-electron chi connectivity index (χ2n) is 7.86. The first-order valence-electron chi connectivity index (χ1n) is 10.8. The summed E-state index contributed by atoms with van der Waals surface area (Å²) >= 11 is 0. The first kappa shape index (κ1) is 22.8. The van der Waals surface area contributed by atoms with E-state index in [-0.39, 0.29) is 29.6 Å². The second kappa shape index (κ2) is 10.0. The average Bonchev–Trinajstić information content (AvgIpc) is 3.54. The molecule has 1 aromatic carbocycles. The lowest BCUT2D eigenvalue weighted by Gasteiger charge is -2.27. The number of hydrogen-bond acceptors (Lipinski definition) is 7. The van der Waals surface area contributed by atoms with Crippen LogP contribution in [0, 0.1) is 0 Å². The molecule has 1 amide bonds. The minimum absolute atomic E-state index is 0.0625. The van der Waals surface area contributed by atoms with Gasteiger partial charge in [0.15, 0.2) is 0 Å². The zero-order chi connectivity index (χ0) is 22.6. The summed E-state index contributed by atoms with van der Waals surface area (Å²) in [6.45, 7) is 3.51. The summed E-state index contributed by atoms with van der Waals surface area (Å²) in [5.41, 5.74) is 0.182. The van der Waals surface area contributed by atoms with Gasteiger partial charge in [-0.3, -0.25) is 9.69 Å². The van der Waals surface area contributed by atoms with Gasteiger partial charge in [-0.05, 0) is 56.3 Å². The third-order valence-corrected chi connectivity index (χ3v) is 7.83. The zero-order valence-electron chi connectivity index (χ0n) is 18.2.